The zero-order valence-electron chi connectivity index (χ0n) is 16.8. The van der Waals surface area contributed by atoms with Gasteiger partial charge in [0.25, 0.3) is 10.0 Å². The van der Waals surface area contributed by atoms with Crippen LogP contribution in [-0.2, 0) is 14.8 Å². The van der Waals surface area contributed by atoms with E-state index in [1.165, 1.54) is 18.3 Å². The van der Waals surface area contributed by atoms with E-state index in [4.69, 9.17) is 9.90 Å². The summed E-state index contributed by atoms with van der Waals surface area (Å²) in [6, 6.07) is 4.45. The fraction of sp³-hybridized carbons (Fsp3) is 0.389. The molecule has 1 aliphatic heterocycles. The third kappa shape index (κ3) is 7.85. The Balaban J connectivity index is 0.000000479. The molecule has 15 heteroatoms. The number of halogens is 4. The van der Waals surface area contributed by atoms with Gasteiger partial charge in [-0.2, -0.15) is 13.2 Å². The molecule has 1 aliphatic rings. The zero-order chi connectivity index (χ0) is 24.8. The molecule has 3 N–H and O–H groups in total. The SMILES string of the molecule is O=C(O)C(F)(F)F.O=C(O)c1cc(NS(=O)(=O)c2ccc(Br)s2)cnc1N1CCCCCC1. The maximum absolute atomic E-state index is 12.4. The molecule has 33 heavy (non-hydrogen) atoms. The Kier molecular flexibility index (Phi) is 9.08. The number of hydrogen-bond donors (Lipinski definition) is 3. The Morgan fingerprint density at radius 1 is 1.12 bits per heavy atom. The van der Waals surface area contributed by atoms with Crippen molar-refractivity contribution < 1.29 is 41.4 Å². The Hall–Kier alpha value is -2.39. The predicted molar refractivity (Wildman–Crippen MR) is 118 cm³/mol. The number of aromatic nitrogens is 1. The van der Waals surface area contributed by atoms with E-state index in [-0.39, 0.29) is 15.5 Å². The summed E-state index contributed by atoms with van der Waals surface area (Å²) in [7, 11) is -3.79. The molecule has 3 heterocycles. The molecule has 0 amide bonds. The summed E-state index contributed by atoms with van der Waals surface area (Å²) in [5.41, 5.74) is 0.130. The molecule has 3 rings (SSSR count). The van der Waals surface area contributed by atoms with Crippen molar-refractivity contribution in [1.29, 1.82) is 0 Å². The number of anilines is 2. The summed E-state index contributed by atoms with van der Waals surface area (Å²) in [6.07, 6.45) is 0.498. The van der Waals surface area contributed by atoms with Gasteiger partial charge in [-0.3, -0.25) is 4.72 Å². The summed E-state index contributed by atoms with van der Waals surface area (Å²) in [5, 5.41) is 16.7. The fourth-order valence-corrected chi connectivity index (χ4v) is 5.90. The molecule has 0 bridgehead atoms. The van der Waals surface area contributed by atoms with E-state index >= 15 is 0 Å². The molecule has 0 saturated carbocycles. The first-order chi connectivity index (χ1) is 15.3. The Bertz CT molecular complexity index is 1100. The predicted octanol–water partition coefficient (Wildman–Crippen LogP) is 4.42. The molecular weight excluding hydrogens is 555 g/mol. The average Bonchev–Trinajstić information content (AvgIpc) is 2.99. The van der Waals surface area contributed by atoms with Crippen LogP contribution in [0.25, 0.3) is 0 Å². The lowest BCUT2D eigenvalue weighted by Crippen LogP contribution is -2.27. The number of aromatic carboxylic acids is 1. The van der Waals surface area contributed by atoms with Crippen molar-refractivity contribution >= 4 is 60.7 Å². The first-order valence-electron chi connectivity index (χ1n) is 9.38. The van der Waals surface area contributed by atoms with Gasteiger partial charge in [0.1, 0.15) is 15.6 Å². The van der Waals surface area contributed by atoms with Gasteiger partial charge in [0.15, 0.2) is 0 Å². The van der Waals surface area contributed by atoms with Crippen LogP contribution in [0.15, 0.2) is 32.4 Å². The number of hydrogen-bond acceptors (Lipinski definition) is 7. The van der Waals surface area contributed by atoms with E-state index < -0.39 is 28.1 Å². The Morgan fingerprint density at radius 3 is 2.15 bits per heavy atom. The molecule has 0 unspecified atom stereocenters. The minimum atomic E-state index is -5.08. The fourth-order valence-electron chi connectivity index (χ4n) is 2.85. The number of carboxylic acid groups (broad SMARTS) is 2. The third-order valence-electron chi connectivity index (χ3n) is 4.31. The molecule has 0 spiro atoms. The molecular formula is C18H19BrF3N3O6S2. The maximum Gasteiger partial charge on any atom is 0.490 e. The first kappa shape index (κ1) is 26.9. The molecule has 1 saturated heterocycles. The number of nitrogens with one attached hydrogen (secondary N) is 1. The van der Waals surface area contributed by atoms with Crippen LogP contribution < -0.4 is 9.62 Å². The average molecular weight is 574 g/mol. The smallest absolute Gasteiger partial charge is 0.478 e. The number of carbonyl (C=O) groups is 2. The van der Waals surface area contributed by atoms with E-state index in [2.05, 4.69) is 25.6 Å². The summed E-state index contributed by atoms with van der Waals surface area (Å²) < 4.78 is 59.8. The van der Waals surface area contributed by atoms with Gasteiger partial charge in [0, 0.05) is 13.1 Å². The lowest BCUT2D eigenvalue weighted by Gasteiger charge is -2.23. The molecule has 0 aromatic carbocycles. The van der Waals surface area contributed by atoms with Gasteiger partial charge < -0.3 is 15.1 Å². The molecule has 0 aliphatic carbocycles. The number of nitrogens with zero attached hydrogens (tertiary/aromatic N) is 2. The lowest BCUT2D eigenvalue weighted by molar-refractivity contribution is -0.192. The summed E-state index contributed by atoms with van der Waals surface area (Å²) in [6.45, 7) is 1.50. The van der Waals surface area contributed by atoms with Crippen LogP contribution in [0.4, 0.5) is 24.7 Å². The lowest BCUT2D eigenvalue weighted by atomic mass is 10.2. The van der Waals surface area contributed by atoms with Crippen molar-refractivity contribution in [1.82, 2.24) is 4.98 Å². The molecule has 9 nitrogen and oxygen atoms in total. The zero-order valence-corrected chi connectivity index (χ0v) is 20.0. The monoisotopic (exact) mass is 573 g/mol. The molecule has 1 fully saturated rings. The van der Waals surface area contributed by atoms with Gasteiger partial charge in [0.05, 0.1) is 15.7 Å². The van der Waals surface area contributed by atoms with E-state index in [1.807, 2.05) is 4.90 Å². The highest BCUT2D eigenvalue weighted by molar-refractivity contribution is 9.11. The van der Waals surface area contributed by atoms with Crippen LogP contribution in [0.1, 0.15) is 36.0 Å². The van der Waals surface area contributed by atoms with Gasteiger partial charge in [-0.25, -0.2) is 23.0 Å². The van der Waals surface area contributed by atoms with E-state index in [0.717, 1.165) is 50.1 Å². The third-order valence-corrected chi connectivity index (χ3v) is 7.81. The Morgan fingerprint density at radius 2 is 1.70 bits per heavy atom. The summed E-state index contributed by atoms with van der Waals surface area (Å²) >= 11 is 4.31. The highest BCUT2D eigenvalue weighted by atomic mass is 79.9. The van der Waals surface area contributed by atoms with Gasteiger partial charge in [-0.15, -0.1) is 11.3 Å². The highest BCUT2D eigenvalue weighted by Gasteiger charge is 2.38. The largest absolute Gasteiger partial charge is 0.490 e. The number of aliphatic carboxylic acids is 1. The van der Waals surface area contributed by atoms with E-state index in [1.54, 1.807) is 6.07 Å². The van der Waals surface area contributed by atoms with Crippen molar-refractivity contribution in [3.63, 3.8) is 0 Å². The number of alkyl halides is 3. The number of sulfonamides is 1. The van der Waals surface area contributed by atoms with Crippen molar-refractivity contribution in [3.8, 4) is 0 Å². The van der Waals surface area contributed by atoms with Gasteiger partial charge >= 0.3 is 18.1 Å². The van der Waals surface area contributed by atoms with Crippen LogP contribution in [-0.4, -0.2) is 54.8 Å². The molecule has 2 aromatic rings. The molecule has 2 aromatic heterocycles. The van der Waals surface area contributed by atoms with Gasteiger partial charge in [-0.1, -0.05) is 12.8 Å². The standard InChI is InChI=1S/C16H18BrN3O4S2.C2HF3O2/c17-13-5-6-14(25-13)26(23,24)19-11-9-12(16(21)22)15(18-10-11)20-7-3-1-2-4-8-20;3-2(4,5)1(6)7/h5-6,9-10,19H,1-4,7-8H2,(H,21,22);(H,6,7). The number of thiophene rings is 1. The second kappa shape index (κ2) is 11.2. The maximum atomic E-state index is 12.4. The summed E-state index contributed by atoms with van der Waals surface area (Å²) in [5.74, 6) is -3.50. The van der Waals surface area contributed by atoms with Crippen LogP contribution in [0, 0.1) is 0 Å². The van der Waals surface area contributed by atoms with Crippen molar-refractivity contribution in [2.45, 2.75) is 36.1 Å². The quantitative estimate of drug-likeness (QED) is 0.478. The Labute approximate surface area is 199 Å². The molecule has 0 atom stereocenters. The minimum absolute atomic E-state index is 0.000500. The van der Waals surface area contributed by atoms with Crippen molar-refractivity contribution in [2.24, 2.45) is 0 Å². The van der Waals surface area contributed by atoms with E-state index in [0.29, 0.717) is 9.60 Å². The van der Waals surface area contributed by atoms with Crippen molar-refractivity contribution in [3.05, 3.63) is 33.7 Å². The highest BCUT2D eigenvalue weighted by Crippen LogP contribution is 2.29. The number of rotatable bonds is 5. The van der Waals surface area contributed by atoms with Crippen molar-refractivity contribution in [2.75, 3.05) is 22.7 Å². The number of carboxylic acids is 2. The minimum Gasteiger partial charge on any atom is -0.478 e. The van der Waals surface area contributed by atoms with Crippen LogP contribution in [0.3, 0.4) is 0 Å². The second-order valence-electron chi connectivity index (χ2n) is 6.77. The number of pyridine rings is 1. The molecule has 182 valence electrons. The summed E-state index contributed by atoms with van der Waals surface area (Å²) in [4.78, 5) is 26.8. The molecule has 0 radical (unpaired) electrons. The second-order valence-corrected chi connectivity index (χ2v) is 11.1. The topological polar surface area (TPSA) is 137 Å². The van der Waals surface area contributed by atoms with Crippen LogP contribution >= 0.6 is 27.3 Å². The first-order valence-corrected chi connectivity index (χ1v) is 12.5. The van der Waals surface area contributed by atoms with Gasteiger partial charge in [-0.05, 0) is 47.0 Å². The van der Waals surface area contributed by atoms with Gasteiger partial charge in [0.2, 0.25) is 0 Å². The normalized spacial score (nSPS) is 14.6. The van der Waals surface area contributed by atoms with E-state index in [9.17, 15) is 31.5 Å². The van der Waals surface area contributed by atoms with Crippen LogP contribution in [0.2, 0.25) is 0 Å². The van der Waals surface area contributed by atoms with Crippen LogP contribution in [0.5, 0.6) is 0 Å².